The molecule has 2 heterocycles. The first-order valence-corrected chi connectivity index (χ1v) is 7.42. The van der Waals surface area contributed by atoms with E-state index in [-0.39, 0.29) is 0 Å². The van der Waals surface area contributed by atoms with Crippen LogP contribution in [0.5, 0.6) is 0 Å². The molecule has 1 aromatic rings. The van der Waals surface area contributed by atoms with E-state index in [2.05, 4.69) is 38.8 Å². The second kappa shape index (κ2) is 4.60. The van der Waals surface area contributed by atoms with Crippen LogP contribution in [0.3, 0.4) is 0 Å². The molecular formula is C14H19BrN2. The van der Waals surface area contributed by atoms with E-state index in [0.717, 1.165) is 22.4 Å². The molecule has 2 fully saturated rings. The van der Waals surface area contributed by atoms with Gasteiger partial charge in [0.25, 0.3) is 0 Å². The molecule has 1 saturated heterocycles. The Hall–Kier alpha value is -0.570. The normalized spacial score (nSPS) is 32.6. The summed E-state index contributed by atoms with van der Waals surface area (Å²) < 4.78 is 1.09. The fourth-order valence-corrected chi connectivity index (χ4v) is 3.98. The van der Waals surface area contributed by atoms with Gasteiger partial charge in [-0.05, 0) is 46.7 Å². The third kappa shape index (κ3) is 2.10. The first-order chi connectivity index (χ1) is 8.25. The van der Waals surface area contributed by atoms with Gasteiger partial charge in [0.15, 0.2) is 0 Å². The van der Waals surface area contributed by atoms with Crippen LogP contribution < -0.4 is 4.90 Å². The molecule has 3 rings (SSSR count). The van der Waals surface area contributed by atoms with E-state index < -0.39 is 0 Å². The smallest absolute Gasteiger partial charge is 0.0566 e. The van der Waals surface area contributed by atoms with Crippen LogP contribution in [0.25, 0.3) is 0 Å². The average molecular weight is 295 g/mol. The zero-order valence-electron chi connectivity index (χ0n) is 10.3. The van der Waals surface area contributed by atoms with E-state index in [9.17, 15) is 0 Å². The Morgan fingerprint density at radius 1 is 1.29 bits per heavy atom. The molecule has 2 nitrogen and oxygen atoms in total. The highest BCUT2D eigenvalue weighted by atomic mass is 79.9. The third-order valence-corrected chi connectivity index (χ3v) is 4.85. The monoisotopic (exact) mass is 294 g/mol. The van der Waals surface area contributed by atoms with Crippen LogP contribution in [-0.4, -0.2) is 17.6 Å². The van der Waals surface area contributed by atoms with Crippen molar-refractivity contribution >= 4 is 21.6 Å². The minimum Gasteiger partial charge on any atom is -0.367 e. The van der Waals surface area contributed by atoms with Gasteiger partial charge in [0.05, 0.1) is 11.9 Å². The van der Waals surface area contributed by atoms with Crippen LogP contribution >= 0.6 is 15.9 Å². The van der Waals surface area contributed by atoms with Crippen LogP contribution in [0.2, 0.25) is 0 Å². The summed E-state index contributed by atoms with van der Waals surface area (Å²) in [6, 6.07) is 2.96. The molecule has 3 unspecified atom stereocenters. The highest BCUT2D eigenvalue weighted by Gasteiger charge is 2.40. The Bertz CT molecular complexity index is 407. The molecular weight excluding hydrogens is 276 g/mol. The number of halogens is 1. The van der Waals surface area contributed by atoms with Gasteiger partial charge in [0, 0.05) is 23.3 Å². The molecule has 17 heavy (non-hydrogen) atoms. The lowest BCUT2D eigenvalue weighted by atomic mass is 9.80. The highest BCUT2D eigenvalue weighted by molar-refractivity contribution is 9.10. The second-order valence-electron chi connectivity index (χ2n) is 5.51. The molecule has 2 aliphatic rings. The van der Waals surface area contributed by atoms with Crippen molar-refractivity contribution in [2.75, 3.05) is 11.4 Å². The number of rotatable bonds is 1. The maximum Gasteiger partial charge on any atom is 0.0566 e. The average Bonchev–Trinajstić information content (AvgIpc) is 2.68. The SMILES string of the molecule is CC1CN(c2cncc(Br)c2)C2CCCCC12. The topological polar surface area (TPSA) is 16.1 Å². The molecule has 3 heteroatoms. The molecule has 1 aliphatic heterocycles. The van der Waals surface area contributed by atoms with Gasteiger partial charge in [-0.1, -0.05) is 19.8 Å². The summed E-state index contributed by atoms with van der Waals surface area (Å²) in [4.78, 5) is 6.89. The second-order valence-corrected chi connectivity index (χ2v) is 6.42. The third-order valence-electron chi connectivity index (χ3n) is 4.42. The minimum atomic E-state index is 0.759. The van der Waals surface area contributed by atoms with E-state index in [4.69, 9.17) is 0 Å². The summed E-state index contributed by atoms with van der Waals surface area (Å²) in [5.41, 5.74) is 1.29. The Balaban J connectivity index is 1.88. The van der Waals surface area contributed by atoms with Gasteiger partial charge in [-0.2, -0.15) is 0 Å². The molecule has 0 amide bonds. The van der Waals surface area contributed by atoms with Crippen molar-refractivity contribution in [3.05, 3.63) is 22.9 Å². The number of hydrogen-bond acceptors (Lipinski definition) is 2. The van der Waals surface area contributed by atoms with Gasteiger partial charge >= 0.3 is 0 Å². The lowest BCUT2D eigenvalue weighted by molar-refractivity contribution is 0.293. The number of hydrogen-bond donors (Lipinski definition) is 0. The van der Waals surface area contributed by atoms with Gasteiger partial charge in [-0.3, -0.25) is 4.98 Å². The van der Waals surface area contributed by atoms with Crippen molar-refractivity contribution in [1.29, 1.82) is 0 Å². The first kappa shape index (κ1) is 11.5. The molecule has 0 aromatic carbocycles. The Kier molecular flexibility index (Phi) is 3.12. The molecule has 92 valence electrons. The minimum absolute atomic E-state index is 0.759. The summed E-state index contributed by atoms with van der Waals surface area (Å²) in [5.74, 6) is 1.74. The molecule has 0 spiro atoms. The number of aromatic nitrogens is 1. The van der Waals surface area contributed by atoms with Crippen molar-refractivity contribution < 1.29 is 0 Å². The maximum absolute atomic E-state index is 4.30. The Labute approximate surface area is 112 Å². The molecule has 0 bridgehead atoms. The van der Waals surface area contributed by atoms with Gasteiger partial charge in [0.1, 0.15) is 0 Å². The van der Waals surface area contributed by atoms with Crippen molar-refractivity contribution in [2.24, 2.45) is 11.8 Å². The van der Waals surface area contributed by atoms with Gasteiger partial charge in [-0.15, -0.1) is 0 Å². The summed E-state index contributed by atoms with van der Waals surface area (Å²) in [7, 11) is 0. The van der Waals surface area contributed by atoms with E-state index >= 15 is 0 Å². The first-order valence-electron chi connectivity index (χ1n) is 6.63. The molecule has 1 aliphatic carbocycles. The van der Waals surface area contributed by atoms with Crippen molar-refractivity contribution in [3.63, 3.8) is 0 Å². The lowest BCUT2D eigenvalue weighted by Gasteiger charge is -2.33. The number of anilines is 1. The summed E-state index contributed by atoms with van der Waals surface area (Å²) in [6.45, 7) is 3.61. The zero-order valence-corrected chi connectivity index (χ0v) is 11.9. The van der Waals surface area contributed by atoms with Crippen molar-refractivity contribution in [3.8, 4) is 0 Å². The van der Waals surface area contributed by atoms with Gasteiger partial charge in [0.2, 0.25) is 0 Å². The predicted molar refractivity (Wildman–Crippen MR) is 74.2 cm³/mol. The van der Waals surface area contributed by atoms with Crippen molar-refractivity contribution in [2.45, 2.75) is 38.6 Å². The fourth-order valence-electron chi connectivity index (χ4n) is 3.63. The molecule has 1 aromatic heterocycles. The Morgan fingerprint density at radius 3 is 2.94 bits per heavy atom. The predicted octanol–water partition coefficient (Wildman–Crippen LogP) is 3.86. The summed E-state index contributed by atoms with van der Waals surface area (Å²) in [6.07, 6.45) is 9.48. The van der Waals surface area contributed by atoms with E-state index in [1.54, 1.807) is 0 Å². The highest BCUT2D eigenvalue weighted by Crippen LogP contribution is 2.41. The van der Waals surface area contributed by atoms with E-state index in [0.29, 0.717) is 0 Å². The maximum atomic E-state index is 4.30. The summed E-state index contributed by atoms with van der Waals surface area (Å²) >= 11 is 3.52. The fraction of sp³-hybridized carbons (Fsp3) is 0.643. The van der Waals surface area contributed by atoms with Gasteiger partial charge < -0.3 is 4.90 Å². The Morgan fingerprint density at radius 2 is 2.12 bits per heavy atom. The van der Waals surface area contributed by atoms with Crippen LogP contribution in [0.1, 0.15) is 32.6 Å². The lowest BCUT2D eigenvalue weighted by Crippen LogP contribution is -2.34. The molecule has 1 saturated carbocycles. The van der Waals surface area contributed by atoms with Crippen LogP contribution in [0.4, 0.5) is 5.69 Å². The van der Waals surface area contributed by atoms with Crippen LogP contribution in [0, 0.1) is 11.8 Å². The van der Waals surface area contributed by atoms with Gasteiger partial charge in [-0.25, -0.2) is 0 Å². The standard InChI is InChI=1S/C14H19BrN2/c1-10-9-17(12-6-11(15)7-16-8-12)14-5-3-2-4-13(10)14/h6-8,10,13-14H,2-5,9H2,1H3. The van der Waals surface area contributed by atoms with Crippen molar-refractivity contribution in [1.82, 2.24) is 4.98 Å². The zero-order chi connectivity index (χ0) is 11.8. The molecule has 0 N–H and O–H groups in total. The number of nitrogens with zero attached hydrogens (tertiary/aromatic N) is 2. The number of pyridine rings is 1. The van der Waals surface area contributed by atoms with E-state index in [1.165, 1.54) is 37.9 Å². The van der Waals surface area contributed by atoms with Crippen LogP contribution in [0.15, 0.2) is 22.9 Å². The largest absolute Gasteiger partial charge is 0.367 e. The summed E-state index contributed by atoms with van der Waals surface area (Å²) in [5, 5.41) is 0. The van der Waals surface area contributed by atoms with E-state index in [1.807, 2.05) is 12.4 Å². The molecule has 0 radical (unpaired) electrons. The quantitative estimate of drug-likeness (QED) is 0.782. The van der Waals surface area contributed by atoms with Crippen LogP contribution in [-0.2, 0) is 0 Å². The number of fused-ring (bicyclic) bond motifs is 1. The molecule has 3 atom stereocenters.